The summed E-state index contributed by atoms with van der Waals surface area (Å²) >= 11 is 0. The third-order valence-electron chi connectivity index (χ3n) is 3.59. The first-order chi connectivity index (χ1) is 10.3. The molecule has 1 amide bonds. The standard InChI is InChI=1S/C17H17NO3/c1-20-15-7-8-16-13(11-15)9-10-18(16)17(19)12-21-14-5-3-2-4-6-14/h2-8,11H,9-10,12H2,1H3. The first-order valence-electron chi connectivity index (χ1n) is 6.93. The van der Waals surface area contributed by atoms with Gasteiger partial charge in [0.2, 0.25) is 0 Å². The van der Waals surface area contributed by atoms with E-state index in [0.717, 1.165) is 23.4 Å². The molecule has 0 radical (unpaired) electrons. The predicted octanol–water partition coefficient (Wildman–Crippen LogP) is 2.66. The fourth-order valence-electron chi connectivity index (χ4n) is 2.50. The van der Waals surface area contributed by atoms with Crippen molar-refractivity contribution in [3.8, 4) is 11.5 Å². The Morgan fingerprint density at radius 2 is 1.95 bits per heavy atom. The number of carbonyl (C=O) groups is 1. The minimum atomic E-state index is -0.0252. The number of amides is 1. The summed E-state index contributed by atoms with van der Waals surface area (Å²) in [5.41, 5.74) is 2.10. The summed E-state index contributed by atoms with van der Waals surface area (Å²) < 4.78 is 10.7. The van der Waals surface area contributed by atoms with E-state index in [4.69, 9.17) is 9.47 Å². The highest BCUT2D eigenvalue weighted by atomic mass is 16.5. The zero-order valence-electron chi connectivity index (χ0n) is 11.9. The molecule has 0 bridgehead atoms. The van der Waals surface area contributed by atoms with Crippen molar-refractivity contribution in [3.05, 3.63) is 54.1 Å². The van der Waals surface area contributed by atoms with E-state index in [1.807, 2.05) is 48.5 Å². The van der Waals surface area contributed by atoms with Gasteiger partial charge < -0.3 is 14.4 Å². The lowest BCUT2D eigenvalue weighted by Crippen LogP contribution is -2.33. The van der Waals surface area contributed by atoms with Gasteiger partial charge in [0.05, 0.1) is 7.11 Å². The maximum atomic E-state index is 12.3. The molecule has 0 aliphatic carbocycles. The van der Waals surface area contributed by atoms with Crippen LogP contribution in [0.25, 0.3) is 0 Å². The number of nitrogens with zero attached hydrogens (tertiary/aromatic N) is 1. The van der Waals surface area contributed by atoms with Crippen LogP contribution in [0.15, 0.2) is 48.5 Å². The fraction of sp³-hybridized carbons (Fsp3) is 0.235. The highest BCUT2D eigenvalue weighted by Gasteiger charge is 2.25. The number of rotatable bonds is 4. The Labute approximate surface area is 123 Å². The molecule has 0 aromatic heterocycles. The summed E-state index contributed by atoms with van der Waals surface area (Å²) in [6.45, 7) is 0.745. The maximum absolute atomic E-state index is 12.3. The highest BCUT2D eigenvalue weighted by molar-refractivity contribution is 5.96. The lowest BCUT2D eigenvalue weighted by atomic mass is 10.1. The van der Waals surface area contributed by atoms with Gasteiger partial charge >= 0.3 is 0 Å². The molecule has 4 heteroatoms. The Kier molecular flexibility index (Phi) is 3.77. The molecule has 0 fully saturated rings. The lowest BCUT2D eigenvalue weighted by molar-refractivity contribution is -0.120. The summed E-state index contributed by atoms with van der Waals surface area (Å²) in [5, 5.41) is 0. The van der Waals surface area contributed by atoms with Crippen molar-refractivity contribution in [1.82, 2.24) is 0 Å². The minimum absolute atomic E-state index is 0.0252. The Morgan fingerprint density at radius 1 is 1.14 bits per heavy atom. The van der Waals surface area contributed by atoms with Gasteiger partial charge in [-0.25, -0.2) is 0 Å². The normalized spacial score (nSPS) is 12.9. The van der Waals surface area contributed by atoms with Crippen molar-refractivity contribution in [2.24, 2.45) is 0 Å². The number of hydrogen-bond donors (Lipinski definition) is 0. The molecule has 0 N–H and O–H groups in total. The molecule has 0 spiro atoms. The second kappa shape index (κ2) is 5.87. The Morgan fingerprint density at radius 3 is 2.71 bits per heavy atom. The summed E-state index contributed by atoms with van der Waals surface area (Å²) in [6, 6.07) is 15.2. The molecule has 108 valence electrons. The van der Waals surface area contributed by atoms with E-state index in [9.17, 15) is 4.79 Å². The smallest absolute Gasteiger partial charge is 0.264 e. The Balaban J connectivity index is 1.68. The number of fused-ring (bicyclic) bond motifs is 1. The molecule has 3 rings (SSSR count). The molecular weight excluding hydrogens is 266 g/mol. The molecule has 1 aliphatic rings. The van der Waals surface area contributed by atoms with Gasteiger partial charge in [-0.3, -0.25) is 4.79 Å². The Hall–Kier alpha value is -2.49. The van der Waals surface area contributed by atoms with Crippen LogP contribution in [0.3, 0.4) is 0 Å². The van der Waals surface area contributed by atoms with Gasteiger partial charge in [0.15, 0.2) is 6.61 Å². The molecule has 0 atom stereocenters. The average Bonchev–Trinajstić information content (AvgIpc) is 2.96. The summed E-state index contributed by atoms with van der Waals surface area (Å²) in [5.74, 6) is 1.51. The molecule has 4 nitrogen and oxygen atoms in total. The van der Waals surface area contributed by atoms with E-state index in [-0.39, 0.29) is 12.5 Å². The number of carbonyl (C=O) groups excluding carboxylic acids is 1. The van der Waals surface area contributed by atoms with Gasteiger partial charge in [0.1, 0.15) is 11.5 Å². The van der Waals surface area contributed by atoms with Gasteiger partial charge in [0.25, 0.3) is 5.91 Å². The van der Waals surface area contributed by atoms with E-state index in [0.29, 0.717) is 12.3 Å². The van der Waals surface area contributed by atoms with Crippen LogP contribution < -0.4 is 14.4 Å². The summed E-state index contributed by atoms with van der Waals surface area (Å²) in [6.07, 6.45) is 0.851. The van der Waals surface area contributed by atoms with E-state index in [1.54, 1.807) is 12.0 Å². The summed E-state index contributed by atoms with van der Waals surface area (Å²) in [7, 11) is 1.65. The fourth-order valence-corrected chi connectivity index (χ4v) is 2.50. The third kappa shape index (κ3) is 2.84. The molecule has 2 aromatic carbocycles. The van der Waals surface area contributed by atoms with Gasteiger partial charge in [0, 0.05) is 12.2 Å². The molecule has 0 saturated heterocycles. The van der Waals surface area contributed by atoms with Gasteiger partial charge in [-0.1, -0.05) is 18.2 Å². The van der Waals surface area contributed by atoms with E-state index in [1.165, 1.54) is 0 Å². The lowest BCUT2D eigenvalue weighted by Gasteiger charge is -2.17. The van der Waals surface area contributed by atoms with Crippen LogP contribution in [-0.4, -0.2) is 26.2 Å². The molecule has 1 heterocycles. The van der Waals surface area contributed by atoms with Crippen molar-refractivity contribution in [2.45, 2.75) is 6.42 Å². The molecular formula is C17H17NO3. The molecule has 2 aromatic rings. The topological polar surface area (TPSA) is 38.8 Å². The number of hydrogen-bond acceptors (Lipinski definition) is 3. The van der Waals surface area contributed by atoms with E-state index >= 15 is 0 Å². The third-order valence-corrected chi connectivity index (χ3v) is 3.59. The number of methoxy groups -OCH3 is 1. The van der Waals surface area contributed by atoms with Crippen LogP contribution >= 0.6 is 0 Å². The van der Waals surface area contributed by atoms with Crippen molar-refractivity contribution in [2.75, 3.05) is 25.2 Å². The van der Waals surface area contributed by atoms with E-state index < -0.39 is 0 Å². The second-order valence-corrected chi connectivity index (χ2v) is 4.89. The number of para-hydroxylation sites is 1. The zero-order chi connectivity index (χ0) is 14.7. The second-order valence-electron chi connectivity index (χ2n) is 4.89. The number of ether oxygens (including phenoxy) is 2. The molecule has 0 saturated carbocycles. The van der Waals surface area contributed by atoms with E-state index in [2.05, 4.69) is 0 Å². The number of benzene rings is 2. The van der Waals surface area contributed by atoms with Gasteiger partial charge in [-0.15, -0.1) is 0 Å². The first kappa shape index (κ1) is 13.5. The molecule has 0 unspecified atom stereocenters. The maximum Gasteiger partial charge on any atom is 0.264 e. The van der Waals surface area contributed by atoms with Crippen LogP contribution in [0.2, 0.25) is 0 Å². The quantitative estimate of drug-likeness (QED) is 0.866. The zero-order valence-corrected chi connectivity index (χ0v) is 11.9. The summed E-state index contributed by atoms with van der Waals surface area (Å²) in [4.78, 5) is 14.1. The van der Waals surface area contributed by atoms with Crippen molar-refractivity contribution in [3.63, 3.8) is 0 Å². The minimum Gasteiger partial charge on any atom is -0.497 e. The van der Waals surface area contributed by atoms with Crippen molar-refractivity contribution >= 4 is 11.6 Å². The van der Waals surface area contributed by atoms with Crippen molar-refractivity contribution < 1.29 is 14.3 Å². The van der Waals surface area contributed by atoms with Crippen LogP contribution in [0.4, 0.5) is 5.69 Å². The largest absolute Gasteiger partial charge is 0.497 e. The van der Waals surface area contributed by atoms with Gasteiger partial charge in [-0.05, 0) is 42.3 Å². The van der Waals surface area contributed by atoms with Crippen LogP contribution in [0.5, 0.6) is 11.5 Å². The highest BCUT2D eigenvalue weighted by Crippen LogP contribution is 2.31. The monoisotopic (exact) mass is 283 g/mol. The first-order valence-corrected chi connectivity index (χ1v) is 6.93. The van der Waals surface area contributed by atoms with Crippen LogP contribution in [0, 0.1) is 0 Å². The average molecular weight is 283 g/mol. The number of anilines is 1. The molecule has 1 aliphatic heterocycles. The van der Waals surface area contributed by atoms with Crippen LogP contribution in [-0.2, 0) is 11.2 Å². The Bertz CT molecular complexity index is 640. The van der Waals surface area contributed by atoms with Gasteiger partial charge in [-0.2, -0.15) is 0 Å². The van der Waals surface area contributed by atoms with Crippen molar-refractivity contribution in [1.29, 1.82) is 0 Å². The van der Waals surface area contributed by atoms with Crippen LogP contribution in [0.1, 0.15) is 5.56 Å². The SMILES string of the molecule is COc1ccc2c(c1)CCN2C(=O)COc1ccccc1. The predicted molar refractivity (Wildman–Crippen MR) is 81.0 cm³/mol. The molecule has 21 heavy (non-hydrogen) atoms.